The number of ether oxygens (including phenoxy) is 1. The van der Waals surface area contributed by atoms with Gasteiger partial charge in [-0.15, -0.1) is 0 Å². The van der Waals surface area contributed by atoms with Gasteiger partial charge in [0.2, 0.25) is 0 Å². The van der Waals surface area contributed by atoms with Crippen LogP contribution in [0.3, 0.4) is 0 Å². The topological polar surface area (TPSA) is 49.8 Å². The summed E-state index contributed by atoms with van der Waals surface area (Å²) in [6.07, 6.45) is 1.80. The third kappa shape index (κ3) is 5.02. The van der Waals surface area contributed by atoms with Crippen molar-refractivity contribution in [1.82, 2.24) is 4.90 Å². The van der Waals surface area contributed by atoms with Gasteiger partial charge in [0, 0.05) is 19.0 Å². The van der Waals surface area contributed by atoms with E-state index in [0.29, 0.717) is 13.1 Å². The summed E-state index contributed by atoms with van der Waals surface area (Å²) in [6.45, 7) is 6.86. The number of hydrogen-bond acceptors (Lipinski definition) is 3. The largest absolute Gasteiger partial charge is 0.444 e. The lowest BCUT2D eigenvalue weighted by Crippen LogP contribution is -2.36. The van der Waals surface area contributed by atoms with Crippen LogP contribution >= 0.6 is 0 Å². The Morgan fingerprint density at radius 2 is 2.05 bits per heavy atom. The smallest absolute Gasteiger partial charge is 0.410 e. The minimum atomic E-state index is -0.471. The summed E-state index contributed by atoms with van der Waals surface area (Å²) in [5.41, 5.74) is 0.768. The van der Waals surface area contributed by atoms with Gasteiger partial charge in [0.05, 0.1) is 6.10 Å². The SMILES string of the molecule is CC(C)(C)OC(=O)N1CCC(C(O)CCc2ccccc2)C1. The Balaban J connectivity index is 1.78. The van der Waals surface area contributed by atoms with Crippen molar-refractivity contribution in [3.63, 3.8) is 0 Å². The molecule has 1 aromatic rings. The van der Waals surface area contributed by atoms with Crippen molar-refractivity contribution in [2.45, 2.75) is 51.7 Å². The van der Waals surface area contributed by atoms with Gasteiger partial charge in [0.25, 0.3) is 0 Å². The predicted molar refractivity (Wildman–Crippen MR) is 86.7 cm³/mol. The fourth-order valence-electron chi connectivity index (χ4n) is 2.79. The summed E-state index contributed by atoms with van der Waals surface area (Å²) in [6, 6.07) is 10.2. The van der Waals surface area contributed by atoms with E-state index < -0.39 is 5.60 Å². The van der Waals surface area contributed by atoms with Crippen molar-refractivity contribution in [3.05, 3.63) is 35.9 Å². The van der Waals surface area contributed by atoms with Crippen molar-refractivity contribution in [2.75, 3.05) is 13.1 Å². The third-order valence-electron chi connectivity index (χ3n) is 3.99. The van der Waals surface area contributed by atoms with Crippen LogP contribution in [0.4, 0.5) is 4.79 Å². The van der Waals surface area contributed by atoms with Gasteiger partial charge in [-0.1, -0.05) is 30.3 Å². The maximum absolute atomic E-state index is 12.0. The molecule has 1 aliphatic rings. The molecule has 1 aliphatic heterocycles. The number of benzene rings is 1. The van der Waals surface area contributed by atoms with Crippen LogP contribution in [0.15, 0.2) is 30.3 Å². The first-order valence-corrected chi connectivity index (χ1v) is 8.05. The van der Waals surface area contributed by atoms with Gasteiger partial charge in [-0.2, -0.15) is 0 Å². The molecule has 4 heteroatoms. The molecule has 0 spiro atoms. The molecule has 22 heavy (non-hydrogen) atoms. The highest BCUT2D eigenvalue weighted by Gasteiger charge is 2.33. The molecule has 1 amide bonds. The van der Waals surface area contributed by atoms with Crippen LogP contribution in [0.5, 0.6) is 0 Å². The zero-order valence-electron chi connectivity index (χ0n) is 13.8. The van der Waals surface area contributed by atoms with Crippen LogP contribution in [-0.4, -0.2) is 40.9 Å². The van der Waals surface area contributed by atoms with Crippen molar-refractivity contribution in [1.29, 1.82) is 0 Å². The minimum Gasteiger partial charge on any atom is -0.444 e. The number of aliphatic hydroxyl groups is 1. The summed E-state index contributed by atoms with van der Waals surface area (Å²) in [5, 5.41) is 10.4. The Labute approximate surface area is 133 Å². The lowest BCUT2D eigenvalue weighted by atomic mass is 9.96. The molecule has 122 valence electrons. The molecule has 1 N–H and O–H groups in total. The molecule has 1 saturated heterocycles. The second-order valence-electron chi connectivity index (χ2n) is 7.07. The Kier molecular flexibility index (Phi) is 5.46. The highest BCUT2D eigenvalue weighted by Crippen LogP contribution is 2.24. The third-order valence-corrected chi connectivity index (χ3v) is 3.99. The van der Waals surface area contributed by atoms with Gasteiger partial charge in [0.15, 0.2) is 0 Å². The van der Waals surface area contributed by atoms with E-state index in [0.717, 1.165) is 19.3 Å². The zero-order chi connectivity index (χ0) is 16.2. The number of likely N-dealkylation sites (tertiary alicyclic amines) is 1. The zero-order valence-corrected chi connectivity index (χ0v) is 13.8. The maximum atomic E-state index is 12.0. The van der Waals surface area contributed by atoms with E-state index in [4.69, 9.17) is 4.74 Å². The van der Waals surface area contributed by atoms with Crippen LogP contribution in [0.2, 0.25) is 0 Å². The molecule has 2 unspecified atom stereocenters. The molecule has 1 fully saturated rings. The van der Waals surface area contributed by atoms with Gasteiger partial charge in [-0.25, -0.2) is 4.79 Å². The van der Waals surface area contributed by atoms with Gasteiger partial charge in [-0.3, -0.25) is 0 Å². The monoisotopic (exact) mass is 305 g/mol. The Bertz CT molecular complexity index is 481. The van der Waals surface area contributed by atoms with Gasteiger partial charge in [-0.05, 0) is 45.6 Å². The number of aryl methyl sites for hydroxylation is 1. The van der Waals surface area contributed by atoms with E-state index in [9.17, 15) is 9.90 Å². The number of carbonyl (C=O) groups is 1. The summed E-state index contributed by atoms with van der Waals surface area (Å²) in [7, 11) is 0. The van der Waals surface area contributed by atoms with Crippen molar-refractivity contribution < 1.29 is 14.6 Å². The number of nitrogens with zero attached hydrogens (tertiary/aromatic N) is 1. The molecular weight excluding hydrogens is 278 g/mol. The highest BCUT2D eigenvalue weighted by molar-refractivity contribution is 5.68. The molecule has 0 aliphatic carbocycles. The quantitative estimate of drug-likeness (QED) is 0.929. The van der Waals surface area contributed by atoms with Crippen LogP contribution < -0.4 is 0 Å². The van der Waals surface area contributed by atoms with E-state index >= 15 is 0 Å². The normalized spacial score (nSPS) is 20.0. The Morgan fingerprint density at radius 3 is 2.68 bits per heavy atom. The standard InChI is InChI=1S/C18H27NO3/c1-18(2,3)22-17(21)19-12-11-15(13-19)16(20)10-9-14-7-5-4-6-8-14/h4-8,15-16,20H,9-13H2,1-3H3. The van der Waals surface area contributed by atoms with Gasteiger partial charge in [0.1, 0.15) is 5.60 Å². The second kappa shape index (κ2) is 7.14. The molecule has 0 aromatic heterocycles. The van der Waals surface area contributed by atoms with Gasteiger partial charge < -0.3 is 14.7 Å². The number of carbonyl (C=O) groups excluding carboxylic acids is 1. The molecular formula is C18H27NO3. The fraction of sp³-hybridized carbons (Fsp3) is 0.611. The van der Waals surface area contributed by atoms with Crippen molar-refractivity contribution in [2.24, 2.45) is 5.92 Å². The van der Waals surface area contributed by atoms with E-state index in [-0.39, 0.29) is 18.1 Å². The van der Waals surface area contributed by atoms with Crippen LogP contribution in [0.1, 0.15) is 39.2 Å². The van der Waals surface area contributed by atoms with Crippen LogP contribution in [0, 0.1) is 5.92 Å². The maximum Gasteiger partial charge on any atom is 0.410 e. The first kappa shape index (κ1) is 16.8. The van der Waals surface area contributed by atoms with Crippen LogP contribution in [0.25, 0.3) is 0 Å². The first-order chi connectivity index (χ1) is 10.3. The summed E-state index contributed by atoms with van der Waals surface area (Å²) in [5.74, 6) is 0.149. The average molecular weight is 305 g/mol. The molecule has 0 bridgehead atoms. The van der Waals surface area contributed by atoms with E-state index in [1.807, 2.05) is 39.0 Å². The summed E-state index contributed by atoms with van der Waals surface area (Å²) < 4.78 is 5.38. The minimum absolute atomic E-state index is 0.149. The van der Waals surface area contributed by atoms with E-state index in [1.165, 1.54) is 5.56 Å². The summed E-state index contributed by atoms with van der Waals surface area (Å²) in [4.78, 5) is 13.7. The lowest BCUT2D eigenvalue weighted by Gasteiger charge is -2.25. The number of amides is 1. The molecule has 1 heterocycles. The molecule has 1 aromatic carbocycles. The molecule has 4 nitrogen and oxygen atoms in total. The Morgan fingerprint density at radius 1 is 1.36 bits per heavy atom. The molecule has 2 atom stereocenters. The Hall–Kier alpha value is -1.55. The highest BCUT2D eigenvalue weighted by atomic mass is 16.6. The van der Waals surface area contributed by atoms with E-state index in [2.05, 4.69) is 12.1 Å². The predicted octanol–water partition coefficient (Wildman–Crippen LogP) is 3.24. The number of hydrogen-bond donors (Lipinski definition) is 1. The first-order valence-electron chi connectivity index (χ1n) is 8.05. The summed E-state index contributed by atoms with van der Waals surface area (Å²) >= 11 is 0. The number of aliphatic hydroxyl groups excluding tert-OH is 1. The number of rotatable bonds is 4. The van der Waals surface area contributed by atoms with E-state index in [1.54, 1.807) is 4.90 Å². The van der Waals surface area contributed by atoms with Crippen molar-refractivity contribution >= 4 is 6.09 Å². The van der Waals surface area contributed by atoms with Gasteiger partial charge >= 0.3 is 6.09 Å². The van der Waals surface area contributed by atoms with Crippen LogP contribution in [-0.2, 0) is 11.2 Å². The fourth-order valence-corrected chi connectivity index (χ4v) is 2.79. The van der Waals surface area contributed by atoms with Crippen molar-refractivity contribution in [3.8, 4) is 0 Å². The second-order valence-corrected chi connectivity index (χ2v) is 7.07. The lowest BCUT2D eigenvalue weighted by molar-refractivity contribution is 0.0266. The molecule has 0 radical (unpaired) electrons. The molecule has 0 saturated carbocycles. The molecule has 2 rings (SSSR count). The average Bonchev–Trinajstić information content (AvgIpc) is 2.94.